The van der Waals surface area contributed by atoms with E-state index in [4.69, 9.17) is 0 Å². The molecule has 0 spiro atoms. The minimum Gasteiger partial charge on any atom is -0.311 e. The van der Waals surface area contributed by atoms with Crippen molar-refractivity contribution in [1.82, 2.24) is 20.2 Å². The second kappa shape index (κ2) is 6.93. The molecule has 0 bridgehead atoms. The van der Waals surface area contributed by atoms with E-state index < -0.39 is 0 Å². The van der Waals surface area contributed by atoms with Crippen molar-refractivity contribution < 1.29 is 0 Å². The molecule has 124 valence electrons. The Morgan fingerprint density at radius 3 is 2.83 bits per heavy atom. The lowest BCUT2D eigenvalue weighted by Crippen LogP contribution is -2.56. The summed E-state index contributed by atoms with van der Waals surface area (Å²) in [6.07, 6.45) is 4.20. The quantitative estimate of drug-likeness (QED) is 0.938. The number of rotatable bonds is 4. The first kappa shape index (κ1) is 16.3. The van der Waals surface area contributed by atoms with Crippen LogP contribution in [0.15, 0.2) is 24.4 Å². The number of hydrogen-bond donors (Lipinski definition) is 1. The van der Waals surface area contributed by atoms with Crippen LogP contribution >= 0.6 is 0 Å². The van der Waals surface area contributed by atoms with Gasteiger partial charge in [-0.15, -0.1) is 0 Å². The molecule has 2 heterocycles. The summed E-state index contributed by atoms with van der Waals surface area (Å²) in [7, 11) is 0. The fourth-order valence-electron chi connectivity index (χ4n) is 3.59. The minimum absolute atomic E-state index is 0.405. The van der Waals surface area contributed by atoms with Gasteiger partial charge in [0.15, 0.2) is 0 Å². The summed E-state index contributed by atoms with van der Waals surface area (Å²) in [5.74, 6) is 0. The van der Waals surface area contributed by atoms with Crippen LogP contribution < -0.4 is 5.32 Å². The summed E-state index contributed by atoms with van der Waals surface area (Å²) in [5.41, 5.74) is 4.30. The monoisotopic (exact) mass is 312 g/mol. The maximum absolute atomic E-state index is 4.64. The molecule has 0 aliphatic carbocycles. The van der Waals surface area contributed by atoms with Crippen molar-refractivity contribution in [2.24, 2.45) is 0 Å². The molecular formula is C19H28N4. The average molecular weight is 312 g/mol. The first-order valence-corrected chi connectivity index (χ1v) is 8.84. The number of piperazine rings is 1. The van der Waals surface area contributed by atoms with E-state index in [-0.39, 0.29) is 0 Å². The van der Waals surface area contributed by atoms with Crippen molar-refractivity contribution in [1.29, 1.82) is 0 Å². The Bertz CT molecular complexity index is 669. The van der Waals surface area contributed by atoms with Crippen LogP contribution in [-0.4, -0.2) is 40.0 Å². The number of fused-ring (bicyclic) bond motifs is 1. The standard InChI is InChI=1S/C19H28N4/c1-5-16-12-23(17(6-2)11-20-16)14(4)15-7-8-18-19(9-15)22-13(3)10-21-18/h7-10,14,16-17,20H,5-6,11-12H2,1-4H3/t14?,16-,17+/m0/s1. The number of aromatic nitrogens is 2. The van der Waals surface area contributed by atoms with Gasteiger partial charge in [-0.1, -0.05) is 19.9 Å². The third kappa shape index (κ3) is 3.38. The van der Waals surface area contributed by atoms with Crippen molar-refractivity contribution in [2.45, 2.75) is 58.7 Å². The number of aryl methyl sites for hydroxylation is 1. The Morgan fingerprint density at radius 2 is 2.09 bits per heavy atom. The van der Waals surface area contributed by atoms with Gasteiger partial charge in [0.2, 0.25) is 0 Å². The van der Waals surface area contributed by atoms with Gasteiger partial charge in [-0.05, 0) is 44.4 Å². The van der Waals surface area contributed by atoms with E-state index in [0.29, 0.717) is 18.1 Å². The van der Waals surface area contributed by atoms with Gasteiger partial charge in [0.05, 0.1) is 16.7 Å². The van der Waals surface area contributed by atoms with Gasteiger partial charge in [-0.2, -0.15) is 0 Å². The third-order valence-electron chi connectivity index (χ3n) is 5.17. The SMILES string of the molecule is CC[C@H]1CN(C(C)c2ccc3ncc(C)nc3c2)[C@H](CC)CN1. The highest BCUT2D eigenvalue weighted by molar-refractivity contribution is 5.74. The third-order valence-corrected chi connectivity index (χ3v) is 5.17. The fourth-order valence-corrected chi connectivity index (χ4v) is 3.59. The molecule has 1 N–H and O–H groups in total. The Kier molecular flexibility index (Phi) is 4.93. The molecule has 1 unspecified atom stereocenters. The van der Waals surface area contributed by atoms with Crippen LogP contribution in [0.1, 0.15) is 50.9 Å². The number of nitrogens with zero attached hydrogens (tertiary/aromatic N) is 3. The molecular weight excluding hydrogens is 284 g/mol. The van der Waals surface area contributed by atoms with E-state index in [1.54, 1.807) is 0 Å². The van der Waals surface area contributed by atoms with Crippen molar-refractivity contribution in [3.8, 4) is 0 Å². The molecule has 1 aromatic heterocycles. The minimum atomic E-state index is 0.405. The highest BCUT2D eigenvalue weighted by atomic mass is 15.2. The van der Waals surface area contributed by atoms with Gasteiger partial charge in [-0.3, -0.25) is 9.88 Å². The van der Waals surface area contributed by atoms with E-state index >= 15 is 0 Å². The van der Waals surface area contributed by atoms with Crippen LogP contribution in [0.4, 0.5) is 0 Å². The average Bonchev–Trinajstić information content (AvgIpc) is 2.59. The van der Waals surface area contributed by atoms with E-state index in [1.807, 2.05) is 13.1 Å². The lowest BCUT2D eigenvalue weighted by Gasteiger charge is -2.43. The zero-order chi connectivity index (χ0) is 16.4. The maximum atomic E-state index is 4.64. The molecule has 1 aliphatic rings. The van der Waals surface area contributed by atoms with Gasteiger partial charge < -0.3 is 5.32 Å². The smallest absolute Gasteiger partial charge is 0.0893 e. The molecule has 0 radical (unpaired) electrons. The van der Waals surface area contributed by atoms with E-state index in [9.17, 15) is 0 Å². The van der Waals surface area contributed by atoms with Gasteiger partial charge in [0.1, 0.15) is 0 Å². The summed E-state index contributed by atoms with van der Waals surface area (Å²) in [6, 6.07) is 8.15. The molecule has 0 amide bonds. The van der Waals surface area contributed by atoms with Gasteiger partial charge in [-0.25, -0.2) is 4.98 Å². The predicted octanol–water partition coefficient (Wildman–Crippen LogP) is 3.46. The van der Waals surface area contributed by atoms with Crippen LogP contribution in [0, 0.1) is 6.92 Å². The Balaban J connectivity index is 1.89. The predicted molar refractivity (Wildman–Crippen MR) is 95.6 cm³/mol. The lowest BCUT2D eigenvalue weighted by molar-refractivity contribution is 0.0851. The van der Waals surface area contributed by atoms with Crippen molar-refractivity contribution in [3.63, 3.8) is 0 Å². The molecule has 23 heavy (non-hydrogen) atoms. The summed E-state index contributed by atoms with van der Waals surface area (Å²) >= 11 is 0. The van der Waals surface area contributed by atoms with Gasteiger partial charge >= 0.3 is 0 Å². The zero-order valence-corrected chi connectivity index (χ0v) is 14.7. The first-order valence-electron chi connectivity index (χ1n) is 8.84. The molecule has 1 aromatic carbocycles. The zero-order valence-electron chi connectivity index (χ0n) is 14.7. The molecule has 1 aliphatic heterocycles. The molecule has 4 heteroatoms. The molecule has 3 rings (SSSR count). The van der Waals surface area contributed by atoms with E-state index in [1.165, 1.54) is 18.4 Å². The normalized spacial score (nSPS) is 24.0. The van der Waals surface area contributed by atoms with Crippen molar-refractivity contribution in [3.05, 3.63) is 35.7 Å². The molecule has 2 aromatic rings. The molecule has 4 nitrogen and oxygen atoms in total. The summed E-state index contributed by atoms with van der Waals surface area (Å²) in [6.45, 7) is 11.1. The van der Waals surface area contributed by atoms with Crippen LogP contribution in [0.3, 0.4) is 0 Å². The largest absolute Gasteiger partial charge is 0.311 e. The van der Waals surface area contributed by atoms with Crippen molar-refractivity contribution in [2.75, 3.05) is 13.1 Å². The summed E-state index contributed by atoms with van der Waals surface area (Å²) in [4.78, 5) is 11.8. The Hall–Kier alpha value is -1.52. The van der Waals surface area contributed by atoms with Crippen LogP contribution in [-0.2, 0) is 0 Å². The van der Waals surface area contributed by atoms with Crippen LogP contribution in [0.2, 0.25) is 0 Å². The highest BCUT2D eigenvalue weighted by Gasteiger charge is 2.30. The van der Waals surface area contributed by atoms with E-state index in [0.717, 1.165) is 29.8 Å². The topological polar surface area (TPSA) is 41.1 Å². The Morgan fingerprint density at radius 1 is 1.26 bits per heavy atom. The highest BCUT2D eigenvalue weighted by Crippen LogP contribution is 2.27. The maximum Gasteiger partial charge on any atom is 0.0893 e. The van der Waals surface area contributed by atoms with E-state index in [2.05, 4.69) is 59.2 Å². The molecule has 1 fully saturated rings. The lowest BCUT2D eigenvalue weighted by atomic mass is 9.98. The summed E-state index contributed by atoms with van der Waals surface area (Å²) in [5, 5.41) is 3.68. The first-order chi connectivity index (χ1) is 11.1. The second-order valence-electron chi connectivity index (χ2n) is 6.71. The molecule has 0 saturated carbocycles. The number of benzene rings is 1. The number of nitrogens with one attached hydrogen (secondary N) is 1. The number of hydrogen-bond acceptors (Lipinski definition) is 4. The molecule has 3 atom stereocenters. The van der Waals surface area contributed by atoms with Crippen molar-refractivity contribution >= 4 is 11.0 Å². The Labute approximate surface area is 139 Å². The fraction of sp³-hybridized carbons (Fsp3) is 0.579. The molecule has 1 saturated heterocycles. The summed E-state index contributed by atoms with van der Waals surface area (Å²) < 4.78 is 0. The van der Waals surface area contributed by atoms with Gasteiger partial charge in [0, 0.05) is 37.4 Å². The van der Waals surface area contributed by atoms with Crippen LogP contribution in [0.5, 0.6) is 0 Å². The second-order valence-corrected chi connectivity index (χ2v) is 6.71. The van der Waals surface area contributed by atoms with Crippen LogP contribution in [0.25, 0.3) is 11.0 Å². The van der Waals surface area contributed by atoms with Gasteiger partial charge in [0.25, 0.3) is 0 Å².